The van der Waals surface area contributed by atoms with Crippen molar-refractivity contribution in [2.24, 2.45) is 0 Å². The summed E-state index contributed by atoms with van der Waals surface area (Å²) in [5, 5.41) is 0.902. The zero-order valence-electron chi connectivity index (χ0n) is 17.7. The Morgan fingerprint density at radius 1 is 0.900 bits per heavy atom. The Bertz CT molecular complexity index is 867. The van der Waals surface area contributed by atoms with Gasteiger partial charge < -0.3 is 9.80 Å². The second kappa shape index (κ2) is 9.71. The SMILES string of the molecule is Cc1nc(-c2ccccc2)c(C(=O)N2CCN(CC(=O)N3CCCCCC3)CC2)s1. The van der Waals surface area contributed by atoms with Gasteiger partial charge >= 0.3 is 0 Å². The number of carbonyl (C=O) groups excluding carboxylic acids is 2. The maximum absolute atomic E-state index is 13.2. The highest BCUT2D eigenvalue weighted by atomic mass is 32.1. The van der Waals surface area contributed by atoms with E-state index in [1.807, 2.05) is 47.1 Å². The van der Waals surface area contributed by atoms with E-state index in [4.69, 9.17) is 0 Å². The molecule has 0 atom stereocenters. The first-order valence-corrected chi connectivity index (χ1v) is 11.8. The fraction of sp³-hybridized carbons (Fsp3) is 0.522. The Kier molecular flexibility index (Phi) is 6.79. The second-order valence-corrected chi connectivity index (χ2v) is 9.34. The van der Waals surface area contributed by atoms with Crippen LogP contribution in [0.3, 0.4) is 0 Å². The standard InChI is InChI=1S/C23H30N4O2S/c1-18-24-21(19-9-5-4-6-10-19)22(30-18)23(29)27-15-13-25(14-16-27)17-20(28)26-11-7-2-3-8-12-26/h4-6,9-10H,2-3,7-8,11-17H2,1H3. The molecule has 2 aliphatic heterocycles. The van der Waals surface area contributed by atoms with Gasteiger partial charge in [-0.1, -0.05) is 43.2 Å². The number of benzene rings is 1. The van der Waals surface area contributed by atoms with Crippen LogP contribution in [0.2, 0.25) is 0 Å². The van der Waals surface area contributed by atoms with E-state index in [9.17, 15) is 9.59 Å². The van der Waals surface area contributed by atoms with E-state index < -0.39 is 0 Å². The highest BCUT2D eigenvalue weighted by Gasteiger charge is 2.28. The van der Waals surface area contributed by atoms with Crippen molar-refractivity contribution in [1.82, 2.24) is 19.7 Å². The van der Waals surface area contributed by atoms with Crippen LogP contribution >= 0.6 is 11.3 Å². The van der Waals surface area contributed by atoms with Crippen molar-refractivity contribution in [1.29, 1.82) is 0 Å². The van der Waals surface area contributed by atoms with Gasteiger partial charge in [-0.15, -0.1) is 11.3 Å². The molecule has 2 fully saturated rings. The fourth-order valence-electron chi connectivity index (χ4n) is 4.23. The first kappa shape index (κ1) is 21.0. The first-order chi connectivity index (χ1) is 14.6. The number of amides is 2. The van der Waals surface area contributed by atoms with E-state index in [-0.39, 0.29) is 11.8 Å². The highest BCUT2D eigenvalue weighted by Crippen LogP contribution is 2.29. The monoisotopic (exact) mass is 426 g/mol. The molecule has 0 spiro atoms. The molecular formula is C23H30N4O2S. The van der Waals surface area contributed by atoms with E-state index >= 15 is 0 Å². The van der Waals surface area contributed by atoms with Gasteiger partial charge in [0.15, 0.2) is 0 Å². The van der Waals surface area contributed by atoms with Crippen molar-refractivity contribution < 1.29 is 9.59 Å². The van der Waals surface area contributed by atoms with Crippen LogP contribution in [0.5, 0.6) is 0 Å². The number of aromatic nitrogens is 1. The molecule has 2 aliphatic rings. The van der Waals surface area contributed by atoms with Crippen molar-refractivity contribution in [3.8, 4) is 11.3 Å². The van der Waals surface area contributed by atoms with Crippen molar-refractivity contribution in [3.63, 3.8) is 0 Å². The Labute approximate surface area is 182 Å². The maximum atomic E-state index is 13.2. The van der Waals surface area contributed by atoms with Gasteiger partial charge in [0.25, 0.3) is 5.91 Å². The average Bonchev–Trinajstić information content (AvgIpc) is 2.97. The van der Waals surface area contributed by atoms with E-state index in [2.05, 4.69) is 9.88 Å². The van der Waals surface area contributed by atoms with E-state index in [1.54, 1.807) is 0 Å². The normalized spacial score (nSPS) is 18.3. The van der Waals surface area contributed by atoms with E-state index in [0.717, 1.165) is 55.3 Å². The summed E-state index contributed by atoms with van der Waals surface area (Å²) in [6.07, 6.45) is 4.69. The summed E-state index contributed by atoms with van der Waals surface area (Å²) < 4.78 is 0. The van der Waals surface area contributed by atoms with Crippen LogP contribution < -0.4 is 0 Å². The van der Waals surface area contributed by atoms with Crippen LogP contribution in [0.4, 0.5) is 0 Å². The summed E-state index contributed by atoms with van der Waals surface area (Å²) in [5.41, 5.74) is 1.76. The molecule has 1 aromatic carbocycles. The maximum Gasteiger partial charge on any atom is 0.266 e. The molecule has 2 amide bonds. The zero-order valence-corrected chi connectivity index (χ0v) is 18.5. The number of likely N-dealkylation sites (tertiary alicyclic amines) is 1. The molecule has 6 nitrogen and oxygen atoms in total. The predicted molar refractivity (Wildman–Crippen MR) is 120 cm³/mol. The summed E-state index contributed by atoms with van der Waals surface area (Å²) in [5.74, 6) is 0.291. The van der Waals surface area contributed by atoms with Gasteiger partial charge in [-0.05, 0) is 19.8 Å². The number of rotatable bonds is 4. The lowest BCUT2D eigenvalue weighted by Crippen LogP contribution is -2.51. The molecule has 0 bridgehead atoms. The Hall–Kier alpha value is -2.25. The van der Waals surface area contributed by atoms with Gasteiger partial charge in [0.1, 0.15) is 4.88 Å². The van der Waals surface area contributed by atoms with Crippen LogP contribution in [-0.4, -0.2) is 77.3 Å². The molecule has 0 radical (unpaired) electrons. The largest absolute Gasteiger partial charge is 0.342 e. The number of piperazine rings is 1. The molecule has 30 heavy (non-hydrogen) atoms. The predicted octanol–water partition coefficient (Wildman–Crippen LogP) is 3.28. The smallest absolute Gasteiger partial charge is 0.266 e. The van der Waals surface area contributed by atoms with Crippen LogP contribution in [0.15, 0.2) is 30.3 Å². The topological polar surface area (TPSA) is 56.8 Å². The first-order valence-electron chi connectivity index (χ1n) is 10.9. The van der Waals surface area contributed by atoms with Crippen molar-refractivity contribution >= 4 is 23.2 Å². The molecule has 1 aromatic heterocycles. The molecule has 0 N–H and O–H groups in total. The molecule has 0 saturated carbocycles. The number of hydrogen-bond acceptors (Lipinski definition) is 5. The number of aryl methyl sites for hydroxylation is 1. The fourth-order valence-corrected chi connectivity index (χ4v) is 5.14. The summed E-state index contributed by atoms with van der Waals surface area (Å²) in [6.45, 7) is 6.98. The van der Waals surface area contributed by atoms with Gasteiger partial charge in [-0.2, -0.15) is 0 Å². The number of nitrogens with zero attached hydrogens (tertiary/aromatic N) is 4. The zero-order chi connectivity index (χ0) is 20.9. The molecule has 0 unspecified atom stereocenters. The summed E-state index contributed by atoms with van der Waals surface area (Å²) in [6, 6.07) is 9.91. The van der Waals surface area contributed by atoms with Crippen LogP contribution in [0, 0.1) is 6.92 Å². The van der Waals surface area contributed by atoms with Gasteiger partial charge in [-0.3, -0.25) is 14.5 Å². The number of thiazole rings is 1. The summed E-state index contributed by atoms with van der Waals surface area (Å²) in [7, 11) is 0. The van der Waals surface area contributed by atoms with Gasteiger partial charge in [-0.25, -0.2) is 4.98 Å². The lowest BCUT2D eigenvalue weighted by atomic mass is 10.1. The van der Waals surface area contributed by atoms with Crippen LogP contribution in [0.1, 0.15) is 40.4 Å². The minimum absolute atomic E-state index is 0.0537. The van der Waals surface area contributed by atoms with Crippen molar-refractivity contribution in [2.75, 3.05) is 45.8 Å². The van der Waals surface area contributed by atoms with E-state index in [1.165, 1.54) is 24.2 Å². The van der Waals surface area contributed by atoms with Gasteiger partial charge in [0.05, 0.1) is 17.2 Å². The Morgan fingerprint density at radius 2 is 1.57 bits per heavy atom. The molecule has 160 valence electrons. The Morgan fingerprint density at radius 3 is 2.23 bits per heavy atom. The highest BCUT2D eigenvalue weighted by molar-refractivity contribution is 7.14. The molecular weight excluding hydrogens is 396 g/mol. The average molecular weight is 427 g/mol. The van der Waals surface area contributed by atoms with Crippen molar-refractivity contribution in [3.05, 3.63) is 40.2 Å². The lowest BCUT2D eigenvalue weighted by molar-refractivity contribution is -0.132. The van der Waals surface area contributed by atoms with Gasteiger partial charge in [0, 0.05) is 44.8 Å². The third kappa shape index (κ3) is 4.90. The van der Waals surface area contributed by atoms with Crippen LogP contribution in [0.25, 0.3) is 11.3 Å². The molecule has 2 saturated heterocycles. The number of carbonyl (C=O) groups is 2. The molecule has 2 aromatic rings. The van der Waals surface area contributed by atoms with Crippen LogP contribution in [-0.2, 0) is 4.79 Å². The number of hydrogen-bond donors (Lipinski definition) is 0. The molecule has 0 aliphatic carbocycles. The third-order valence-electron chi connectivity index (χ3n) is 5.95. The minimum atomic E-state index is 0.0537. The molecule has 4 rings (SSSR count). The molecule has 3 heterocycles. The second-order valence-electron chi connectivity index (χ2n) is 8.14. The van der Waals surface area contributed by atoms with Crippen molar-refractivity contribution in [2.45, 2.75) is 32.6 Å². The summed E-state index contributed by atoms with van der Waals surface area (Å²) in [4.78, 5) is 37.3. The quantitative estimate of drug-likeness (QED) is 0.753. The minimum Gasteiger partial charge on any atom is -0.342 e. The third-order valence-corrected chi connectivity index (χ3v) is 6.91. The van der Waals surface area contributed by atoms with E-state index in [0.29, 0.717) is 24.5 Å². The molecule has 7 heteroatoms. The summed E-state index contributed by atoms with van der Waals surface area (Å²) >= 11 is 1.47. The Balaban J connectivity index is 1.35. The lowest BCUT2D eigenvalue weighted by Gasteiger charge is -2.35. The van der Waals surface area contributed by atoms with Gasteiger partial charge in [0.2, 0.25) is 5.91 Å².